The Bertz CT molecular complexity index is 1000. The van der Waals surface area contributed by atoms with Gasteiger partial charge in [0.15, 0.2) is 0 Å². The van der Waals surface area contributed by atoms with Crippen molar-refractivity contribution in [1.29, 1.82) is 0 Å². The molecule has 0 unspecified atom stereocenters. The van der Waals surface area contributed by atoms with Crippen molar-refractivity contribution in [3.63, 3.8) is 0 Å². The highest BCUT2D eigenvalue weighted by atomic mass is 16.6. The maximum absolute atomic E-state index is 13.6. The topological polar surface area (TPSA) is 179 Å². The summed E-state index contributed by atoms with van der Waals surface area (Å²) in [5.74, 6) is -4.36. The minimum Gasteiger partial charge on any atom is -0.464 e. The lowest BCUT2D eigenvalue weighted by Gasteiger charge is -2.33. The lowest BCUT2D eigenvalue weighted by molar-refractivity contribution is -0.156. The van der Waals surface area contributed by atoms with E-state index in [-0.39, 0.29) is 26.0 Å². The number of carbonyl (C=O) groups excluding carboxylic acids is 5. The van der Waals surface area contributed by atoms with Crippen molar-refractivity contribution >= 4 is 30.0 Å². The predicted molar refractivity (Wildman–Crippen MR) is 146 cm³/mol. The van der Waals surface area contributed by atoms with Gasteiger partial charge in [-0.05, 0) is 67.7 Å². The Balaban J connectivity index is 2.18. The zero-order valence-corrected chi connectivity index (χ0v) is 25.0. The van der Waals surface area contributed by atoms with E-state index >= 15 is 0 Å². The number of aliphatic hydroxyl groups is 1. The quantitative estimate of drug-likeness (QED) is 0.115. The van der Waals surface area contributed by atoms with E-state index in [1.54, 1.807) is 48.5 Å². The summed E-state index contributed by atoms with van der Waals surface area (Å²) in [6.45, 7) is 15.5. The van der Waals surface area contributed by atoms with Crippen LogP contribution >= 0.6 is 0 Å². The molecule has 0 spiro atoms. The molecule has 0 aromatic rings. The van der Waals surface area contributed by atoms with Gasteiger partial charge in [-0.1, -0.05) is 6.58 Å². The number of carbonyl (C=O) groups is 5. The molecule has 13 nitrogen and oxygen atoms in total. The summed E-state index contributed by atoms with van der Waals surface area (Å²) in [6, 6.07) is -1.13. The summed E-state index contributed by atoms with van der Waals surface area (Å²) in [7, 11) is 0. The summed E-state index contributed by atoms with van der Waals surface area (Å²) >= 11 is 0. The van der Waals surface area contributed by atoms with Crippen molar-refractivity contribution in [2.45, 2.75) is 103 Å². The Labute approximate surface area is 241 Å². The van der Waals surface area contributed by atoms with Crippen LogP contribution in [0.3, 0.4) is 0 Å². The first-order chi connectivity index (χ1) is 19.0. The molecular formula is C28H45N3O10. The van der Waals surface area contributed by atoms with Crippen LogP contribution in [0, 0.1) is 17.8 Å². The van der Waals surface area contributed by atoms with E-state index in [4.69, 9.17) is 18.9 Å². The molecular weight excluding hydrogens is 538 g/mol. The Morgan fingerprint density at radius 1 is 1.02 bits per heavy atom. The second kappa shape index (κ2) is 13.5. The number of aliphatic hydroxyl groups excluding tert-OH is 1. The molecule has 2 aliphatic carbocycles. The minimum absolute atomic E-state index is 0.00986. The van der Waals surface area contributed by atoms with E-state index in [1.807, 2.05) is 0 Å². The average Bonchev–Trinajstić information content (AvgIpc) is 3.50. The van der Waals surface area contributed by atoms with E-state index in [1.165, 1.54) is 0 Å². The summed E-state index contributed by atoms with van der Waals surface area (Å²) in [6.07, 6.45) is -0.673. The Morgan fingerprint density at radius 3 is 2.20 bits per heavy atom. The first-order valence-electron chi connectivity index (χ1n) is 13.9. The van der Waals surface area contributed by atoms with Crippen molar-refractivity contribution in [2.75, 3.05) is 13.2 Å². The van der Waals surface area contributed by atoms with Crippen LogP contribution in [0.5, 0.6) is 0 Å². The highest BCUT2D eigenvalue weighted by molar-refractivity contribution is 5.94. The van der Waals surface area contributed by atoms with Crippen LogP contribution < -0.4 is 16.0 Å². The third-order valence-electron chi connectivity index (χ3n) is 6.67. The van der Waals surface area contributed by atoms with Gasteiger partial charge in [0.1, 0.15) is 22.8 Å². The van der Waals surface area contributed by atoms with Crippen molar-refractivity contribution in [2.24, 2.45) is 17.8 Å². The second-order valence-electron chi connectivity index (χ2n) is 12.3. The minimum atomic E-state index is -1.70. The van der Waals surface area contributed by atoms with E-state index in [9.17, 15) is 29.1 Å². The van der Waals surface area contributed by atoms with Gasteiger partial charge in [0, 0.05) is 24.8 Å². The van der Waals surface area contributed by atoms with Gasteiger partial charge in [0.25, 0.3) is 0 Å². The monoisotopic (exact) mass is 583 g/mol. The zero-order valence-electron chi connectivity index (χ0n) is 25.0. The number of rotatable bonds is 12. The van der Waals surface area contributed by atoms with Gasteiger partial charge in [0.05, 0.1) is 24.9 Å². The predicted octanol–water partition coefficient (Wildman–Crippen LogP) is 2.31. The number of unbranched alkanes of at least 4 members (excludes halogenated alkanes) is 1. The fourth-order valence-corrected chi connectivity index (χ4v) is 5.18. The number of amides is 3. The van der Waals surface area contributed by atoms with Gasteiger partial charge in [-0.15, -0.1) is 0 Å². The number of alkyl carbamates (subject to hydrolysis) is 2. The van der Waals surface area contributed by atoms with Crippen molar-refractivity contribution in [1.82, 2.24) is 16.0 Å². The molecule has 6 atom stereocenters. The van der Waals surface area contributed by atoms with Crippen molar-refractivity contribution < 1.29 is 48.0 Å². The van der Waals surface area contributed by atoms with Gasteiger partial charge in [-0.3, -0.25) is 9.59 Å². The molecule has 4 N–H and O–H groups in total. The number of hydrogen-bond acceptors (Lipinski definition) is 10. The van der Waals surface area contributed by atoms with Crippen LogP contribution in [0.1, 0.15) is 74.1 Å². The Morgan fingerprint density at radius 2 is 1.63 bits per heavy atom. The number of ether oxygens (including phenoxy) is 4. The fourth-order valence-electron chi connectivity index (χ4n) is 5.18. The number of hydrogen-bond donors (Lipinski definition) is 4. The SMILES string of the molecule is C=COC(=O)[C@H]1[C@H]2[C@@H]1[C@@](NC(=O)[C@H](CCCCNC(=O)OC(C)(C)C)NC(=O)OC(C)(C)C)(C(=O)OCC)C[C@@H]2O. The number of nitrogens with one attached hydrogen (secondary N) is 3. The zero-order chi connectivity index (χ0) is 31.2. The number of esters is 2. The highest BCUT2D eigenvalue weighted by Gasteiger charge is 2.76. The van der Waals surface area contributed by atoms with Crippen molar-refractivity contribution in [3.05, 3.63) is 12.8 Å². The molecule has 0 aromatic carbocycles. The lowest BCUT2D eigenvalue weighted by atomic mass is 9.88. The average molecular weight is 584 g/mol. The Kier molecular flexibility index (Phi) is 11.2. The molecule has 2 rings (SSSR count). The fraction of sp³-hybridized carbons (Fsp3) is 0.750. The summed E-state index contributed by atoms with van der Waals surface area (Å²) < 4.78 is 20.7. The molecule has 0 radical (unpaired) electrons. The summed E-state index contributed by atoms with van der Waals surface area (Å²) in [5.41, 5.74) is -3.17. The first kappa shape index (κ1) is 33.9. The largest absolute Gasteiger partial charge is 0.464 e. The lowest BCUT2D eigenvalue weighted by Crippen LogP contribution is -2.61. The molecule has 13 heteroatoms. The third kappa shape index (κ3) is 9.34. The molecule has 0 heterocycles. The maximum atomic E-state index is 13.6. The van der Waals surface area contributed by atoms with Crippen molar-refractivity contribution in [3.8, 4) is 0 Å². The smallest absolute Gasteiger partial charge is 0.408 e. The van der Waals surface area contributed by atoms with Crippen LogP contribution in [0.25, 0.3) is 0 Å². The molecule has 0 aliphatic heterocycles. The van der Waals surface area contributed by atoms with E-state index in [0.29, 0.717) is 12.8 Å². The van der Waals surface area contributed by atoms with Gasteiger partial charge in [0.2, 0.25) is 5.91 Å². The molecule has 232 valence electrons. The normalized spacial score (nSPS) is 25.6. The summed E-state index contributed by atoms with van der Waals surface area (Å²) in [4.78, 5) is 63.8. The third-order valence-corrected chi connectivity index (χ3v) is 6.67. The maximum Gasteiger partial charge on any atom is 0.408 e. The van der Waals surface area contributed by atoms with Crippen LogP contribution in [-0.4, -0.2) is 77.2 Å². The molecule has 2 fully saturated rings. The molecule has 0 saturated heterocycles. The van der Waals surface area contributed by atoms with Crippen LogP contribution in [0.15, 0.2) is 12.8 Å². The van der Waals surface area contributed by atoms with Gasteiger partial charge in [-0.2, -0.15) is 0 Å². The van der Waals surface area contributed by atoms with E-state index < -0.39 is 76.7 Å². The summed E-state index contributed by atoms with van der Waals surface area (Å²) in [5, 5.41) is 18.6. The molecule has 41 heavy (non-hydrogen) atoms. The molecule has 0 bridgehead atoms. The Hall–Kier alpha value is -3.35. The van der Waals surface area contributed by atoms with Crippen LogP contribution in [-0.2, 0) is 33.3 Å². The van der Waals surface area contributed by atoms with E-state index in [0.717, 1.165) is 6.26 Å². The molecule has 2 aliphatic rings. The van der Waals surface area contributed by atoms with Gasteiger partial charge >= 0.3 is 24.1 Å². The van der Waals surface area contributed by atoms with Gasteiger partial charge in [-0.25, -0.2) is 14.4 Å². The molecule has 2 saturated carbocycles. The van der Waals surface area contributed by atoms with Crippen LogP contribution in [0.4, 0.5) is 9.59 Å². The van der Waals surface area contributed by atoms with Crippen LogP contribution in [0.2, 0.25) is 0 Å². The van der Waals surface area contributed by atoms with Gasteiger partial charge < -0.3 is 40.0 Å². The number of fused-ring (bicyclic) bond motifs is 1. The first-order valence-corrected chi connectivity index (χ1v) is 13.9. The molecule has 0 aromatic heterocycles. The standard InChI is InChI=1S/C28H45N3O10/c1-9-38-22(34)19-18-17(32)15-28(20(18)19,23(35)39-10-2)31-21(33)16(30-25(37)41-27(6,7)8)13-11-12-14-29-24(36)40-26(3,4)5/h9,16-20,32H,1,10-15H2,2-8H3,(H,29,36)(H,30,37)(H,31,33)/t16-,17-,18-,19-,20-,28+/m0/s1. The molecule has 3 amide bonds. The second-order valence-corrected chi connectivity index (χ2v) is 12.3. The van der Waals surface area contributed by atoms with E-state index in [2.05, 4.69) is 22.5 Å². The highest BCUT2D eigenvalue weighted by Crippen LogP contribution is 2.63.